The van der Waals surface area contributed by atoms with Crippen LogP contribution >= 0.6 is 0 Å². The van der Waals surface area contributed by atoms with Crippen molar-refractivity contribution >= 4 is 0 Å². The fourth-order valence-electron chi connectivity index (χ4n) is 2.83. The Kier molecular flexibility index (Phi) is 6.03. The molecule has 0 spiro atoms. The SMILES string of the molecule is C[C@H](O)[C@@H](O)CO[C@@H]1O[C@@H]2CO[C@H](c3ccccc3)O[C@@H]2[C@H](O)[C@H]1O. The summed E-state index contributed by atoms with van der Waals surface area (Å²) in [5.74, 6) is 0. The van der Waals surface area contributed by atoms with E-state index in [0.29, 0.717) is 0 Å². The number of hydrogen-bond acceptors (Lipinski definition) is 8. The molecule has 8 heteroatoms. The predicted octanol–water partition coefficient (Wildman–Crippen LogP) is -0.694. The Balaban J connectivity index is 1.61. The molecule has 140 valence electrons. The molecule has 0 saturated carbocycles. The Bertz CT molecular complexity index is 537. The summed E-state index contributed by atoms with van der Waals surface area (Å²) in [4.78, 5) is 0. The molecule has 25 heavy (non-hydrogen) atoms. The highest BCUT2D eigenvalue weighted by Gasteiger charge is 2.49. The van der Waals surface area contributed by atoms with Crippen LogP contribution < -0.4 is 0 Å². The fourth-order valence-corrected chi connectivity index (χ4v) is 2.83. The second-order valence-electron chi connectivity index (χ2n) is 6.34. The zero-order chi connectivity index (χ0) is 18.0. The average molecular weight is 356 g/mol. The van der Waals surface area contributed by atoms with E-state index in [9.17, 15) is 20.4 Å². The van der Waals surface area contributed by atoms with E-state index in [4.69, 9.17) is 18.9 Å². The van der Waals surface area contributed by atoms with Crippen molar-refractivity contribution in [2.45, 2.75) is 56.1 Å². The second kappa shape index (κ2) is 8.07. The van der Waals surface area contributed by atoms with E-state index >= 15 is 0 Å². The Morgan fingerprint density at radius 3 is 2.52 bits per heavy atom. The van der Waals surface area contributed by atoms with Gasteiger partial charge in [-0.25, -0.2) is 0 Å². The highest BCUT2D eigenvalue weighted by molar-refractivity contribution is 5.16. The third-order valence-electron chi connectivity index (χ3n) is 4.39. The van der Waals surface area contributed by atoms with Crippen molar-refractivity contribution in [3.05, 3.63) is 35.9 Å². The highest BCUT2D eigenvalue weighted by atomic mass is 16.8. The lowest BCUT2D eigenvalue weighted by Crippen LogP contribution is -2.62. The van der Waals surface area contributed by atoms with Crippen molar-refractivity contribution in [2.24, 2.45) is 0 Å². The summed E-state index contributed by atoms with van der Waals surface area (Å²) in [7, 11) is 0. The van der Waals surface area contributed by atoms with E-state index in [1.165, 1.54) is 6.92 Å². The third kappa shape index (κ3) is 4.18. The van der Waals surface area contributed by atoms with Crippen molar-refractivity contribution in [2.75, 3.05) is 13.2 Å². The molecule has 0 amide bonds. The molecule has 1 aromatic rings. The van der Waals surface area contributed by atoms with Crippen LogP contribution in [0.4, 0.5) is 0 Å². The molecule has 2 aliphatic heterocycles. The molecule has 0 aliphatic carbocycles. The molecular formula is C17H24O8. The average Bonchev–Trinajstić information content (AvgIpc) is 2.63. The van der Waals surface area contributed by atoms with Gasteiger partial charge in [-0.1, -0.05) is 30.3 Å². The normalized spacial score (nSPS) is 38.0. The van der Waals surface area contributed by atoms with E-state index < -0.39 is 49.2 Å². The van der Waals surface area contributed by atoms with Crippen molar-refractivity contribution in [1.29, 1.82) is 0 Å². The standard InChI is InChI=1S/C17H24O8/c1-9(18)11(19)7-22-17-14(21)13(20)15-12(24-17)8-23-16(25-15)10-5-3-2-4-6-10/h2-6,9,11-21H,7-8H2,1H3/t9-,11-,12+,13+,14+,15-,16-,17+/m0/s1. The molecule has 0 radical (unpaired) electrons. The summed E-state index contributed by atoms with van der Waals surface area (Å²) < 4.78 is 22.3. The minimum atomic E-state index is -1.35. The number of aliphatic hydroxyl groups excluding tert-OH is 4. The maximum Gasteiger partial charge on any atom is 0.186 e. The summed E-state index contributed by atoms with van der Waals surface area (Å²) in [5, 5.41) is 39.4. The van der Waals surface area contributed by atoms with Crippen LogP contribution in [0.15, 0.2) is 30.3 Å². The van der Waals surface area contributed by atoms with Gasteiger partial charge in [0.05, 0.1) is 19.3 Å². The van der Waals surface area contributed by atoms with Gasteiger partial charge in [-0.2, -0.15) is 0 Å². The van der Waals surface area contributed by atoms with E-state index in [1.54, 1.807) is 0 Å². The molecule has 1 aromatic carbocycles. The maximum absolute atomic E-state index is 10.4. The van der Waals surface area contributed by atoms with Crippen molar-refractivity contribution in [3.63, 3.8) is 0 Å². The lowest BCUT2D eigenvalue weighted by molar-refractivity contribution is -0.363. The summed E-state index contributed by atoms with van der Waals surface area (Å²) in [6.45, 7) is 1.34. The monoisotopic (exact) mass is 356 g/mol. The smallest absolute Gasteiger partial charge is 0.186 e. The molecule has 2 fully saturated rings. The van der Waals surface area contributed by atoms with Gasteiger partial charge in [0.25, 0.3) is 0 Å². The largest absolute Gasteiger partial charge is 0.391 e. The van der Waals surface area contributed by atoms with Crippen LogP contribution in [0.25, 0.3) is 0 Å². The zero-order valence-corrected chi connectivity index (χ0v) is 13.8. The van der Waals surface area contributed by atoms with Crippen LogP contribution in [0, 0.1) is 0 Å². The van der Waals surface area contributed by atoms with Gasteiger partial charge >= 0.3 is 0 Å². The van der Waals surface area contributed by atoms with Gasteiger partial charge in [0, 0.05) is 5.56 Å². The summed E-state index contributed by atoms with van der Waals surface area (Å²) >= 11 is 0. The number of ether oxygens (including phenoxy) is 4. The molecule has 8 nitrogen and oxygen atoms in total. The Hall–Kier alpha value is -1.10. The molecule has 0 aromatic heterocycles. The number of rotatable bonds is 5. The molecule has 2 heterocycles. The zero-order valence-electron chi connectivity index (χ0n) is 13.8. The van der Waals surface area contributed by atoms with Gasteiger partial charge in [0.2, 0.25) is 0 Å². The number of aliphatic hydroxyl groups is 4. The Labute approximate surface area is 145 Å². The molecule has 3 rings (SSSR count). The summed E-state index contributed by atoms with van der Waals surface area (Å²) in [6, 6.07) is 9.28. The lowest BCUT2D eigenvalue weighted by atomic mass is 9.98. The van der Waals surface area contributed by atoms with Crippen molar-refractivity contribution in [1.82, 2.24) is 0 Å². The Morgan fingerprint density at radius 2 is 1.84 bits per heavy atom. The second-order valence-corrected chi connectivity index (χ2v) is 6.34. The van der Waals surface area contributed by atoms with Gasteiger partial charge in [-0.3, -0.25) is 0 Å². The van der Waals surface area contributed by atoms with Crippen LogP contribution in [0.2, 0.25) is 0 Å². The maximum atomic E-state index is 10.4. The minimum absolute atomic E-state index is 0.160. The van der Waals surface area contributed by atoms with E-state index in [2.05, 4.69) is 0 Å². The van der Waals surface area contributed by atoms with Gasteiger partial charge < -0.3 is 39.4 Å². The van der Waals surface area contributed by atoms with Crippen LogP contribution in [-0.4, -0.2) is 76.6 Å². The van der Waals surface area contributed by atoms with E-state index in [1.807, 2.05) is 30.3 Å². The van der Waals surface area contributed by atoms with Crippen LogP contribution in [0.3, 0.4) is 0 Å². The Morgan fingerprint density at radius 1 is 1.12 bits per heavy atom. The molecule has 8 atom stereocenters. The van der Waals surface area contributed by atoms with Crippen LogP contribution in [0.5, 0.6) is 0 Å². The molecule has 4 N–H and O–H groups in total. The first-order chi connectivity index (χ1) is 12.0. The van der Waals surface area contributed by atoms with E-state index in [0.717, 1.165) is 5.56 Å². The summed E-state index contributed by atoms with van der Waals surface area (Å²) in [6.07, 6.45) is -7.87. The molecular weight excluding hydrogens is 332 g/mol. The third-order valence-corrected chi connectivity index (χ3v) is 4.39. The number of benzene rings is 1. The fraction of sp³-hybridized carbons (Fsp3) is 0.647. The van der Waals surface area contributed by atoms with E-state index in [-0.39, 0.29) is 13.2 Å². The van der Waals surface area contributed by atoms with Gasteiger partial charge in [-0.05, 0) is 6.92 Å². The lowest BCUT2D eigenvalue weighted by Gasteiger charge is -2.46. The van der Waals surface area contributed by atoms with Gasteiger partial charge in [0.15, 0.2) is 12.6 Å². The van der Waals surface area contributed by atoms with Crippen LogP contribution in [-0.2, 0) is 18.9 Å². The highest BCUT2D eigenvalue weighted by Crippen LogP contribution is 2.34. The first-order valence-electron chi connectivity index (χ1n) is 8.28. The van der Waals surface area contributed by atoms with Crippen molar-refractivity contribution < 1.29 is 39.4 Å². The summed E-state index contributed by atoms with van der Waals surface area (Å²) in [5.41, 5.74) is 0.807. The van der Waals surface area contributed by atoms with Gasteiger partial charge in [0.1, 0.15) is 30.5 Å². The molecule has 0 unspecified atom stereocenters. The molecule has 2 aliphatic rings. The van der Waals surface area contributed by atoms with Gasteiger partial charge in [-0.15, -0.1) is 0 Å². The minimum Gasteiger partial charge on any atom is -0.391 e. The van der Waals surface area contributed by atoms with Crippen LogP contribution in [0.1, 0.15) is 18.8 Å². The first-order valence-corrected chi connectivity index (χ1v) is 8.28. The quantitative estimate of drug-likeness (QED) is 0.547. The molecule has 2 saturated heterocycles. The number of fused-ring (bicyclic) bond motifs is 1. The first kappa shape index (κ1) is 18.7. The topological polar surface area (TPSA) is 118 Å². The van der Waals surface area contributed by atoms with Crippen molar-refractivity contribution in [3.8, 4) is 0 Å². The number of hydrogen-bond donors (Lipinski definition) is 4. The predicted molar refractivity (Wildman–Crippen MR) is 84.3 cm³/mol. The molecule has 0 bridgehead atoms.